The van der Waals surface area contributed by atoms with Crippen molar-refractivity contribution in [3.05, 3.63) is 24.3 Å². The summed E-state index contributed by atoms with van der Waals surface area (Å²) in [7, 11) is -3.57. The minimum absolute atomic E-state index is 0.174. The minimum atomic E-state index is -3.57. The third-order valence-electron chi connectivity index (χ3n) is 2.85. The Labute approximate surface area is 128 Å². The van der Waals surface area contributed by atoms with Gasteiger partial charge in [-0.1, -0.05) is 12.1 Å². The highest BCUT2D eigenvalue weighted by Crippen LogP contribution is 2.26. The molecule has 1 aromatic carbocycles. The van der Waals surface area contributed by atoms with Crippen molar-refractivity contribution in [2.75, 3.05) is 18.0 Å². The summed E-state index contributed by atoms with van der Waals surface area (Å²) in [4.78, 5) is 2.11. The molecule has 0 atom stereocenters. The van der Waals surface area contributed by atoms with Crippen molar-refractivity contribution in [2.24, 2.45) is 0 Å². The lowest BCUT2D eigenvalue weighted by molar-refractivity contribution is 0.0874. The second-order valence-corrected chi connectivity index (χ2v) is 7.75. The van der Waals surface area contributed by atoms with E-state index in [1.54, 1.807) is 52.0 Å². The van der Waals surface area contributed by atoms with Crippen molar-refractivity contribution in [3.8, 4) is 0 Å². The van der Waals surface area contributed by atoms with E-state index < -0.39 is 15.6 Å². The van der Waals surface area contributed by atoms with Crippen LogP contribution < -0.4 is 9.62 Å². The first-order valence-corrected chi connectivity index (χ1v) is 8.64. The lowest BCUT2D eigenvalue weighted by Crippen LogP contribution is -2.40. The number of nitrogens with zero attached hydrogens (tertiary/aromatic N) is 1. The molecule has 21 heavy (non-hydrogen) atoms. The van der Waals surface area contributed by atoms with Gasteiger partial charge in [0.05, 0.1) is 11.3 Å². The van der Waals surface area contributed by atoms with Crippen molar-refractivity contribution in [1.82, 2.24) is 4.72 Å². The third-order valence-corrected chi connectivity index (χ3v) is 4.55. The number of sulfonamides is 1. The van der Waals surface area contributed by atoms with Gasteiger partial charge in [0.2, 0.25) is 10.0 Å². The van der Waals surface area contributed by atoms with Crippen molar-refractivity contribution in [2.45, 2.75) is 51.2 Å². The number of aliphatic hydroxyl groups is 1. The molecule has 0 unspecified atom stereocenters. The van der Waals surface area contributed by atoms with Gasteiger partial charge in [0.1, 0.15) is 4.90 Å². The number of likely N-dealkylation sites (N-methyl/N-ethyl adjacent to an activating group) is 1. The summed E-state index contributed by atoms with van der Waals surface area (Å²) < 4.78 is 27.5. The van der Waals surface area contributed by atoms with E-state index in [0.29, 0.717) is 18.8 Å². The Hall–Kier alpha value is -1.11. The molecule has 0 aliphatic rings. The van der Waals surface area contributed by atoms with Crippen molar-refractivity contribution in [3.63, 3.8) is 0 Å². The Morgan fingerprint density at radius 2 is 1.86 bits per heavy atom. The molecule has 0 heterocycles. The molecule has 0 bridgehead atoms. The van der Waals surface area contributed by atoms with E-state index in [0.717, 1.165) is 0 Å². The number of hydrogen-bond donors (Lipinski definition) is 2. The zero-order chi connectivity index (χ0) is 16.3. The van der Waals surface area contributed by atoms with Crippen LogP contribution in [0.3, 0.4) is 0 Å². The highest BCUT2D eigenvalue weighted by atomic mass is 32.2. The third kappa shape index (κ3) is 5.30. The summed E-state index contributed by atoms with van der Waals surface area (Å²) in [5.74, 6) is 0. The molecule has 0 radical (unpaired) electrons. The summed E-state index contributed by atoms with van der Waals surface area (Å²) >= 11 is 0. The zero-order valence-corrected chi connectivity index (χ0v) is 14.2. The van der Waals surface area contributed by atoms with E-state index in [1.807, 2.05) is 11.8 Å². The predicted molar refractivity (Wildman–Crippen MR) is 86.1 cm³/mol. The molecule has 0 spiro atoms. The molecule has 120 valence electrons. The first-order valence-electron chi connectivity index (χ1n) is 7.15. The fourth-order valence-corrected chi connectivity index (χ4v) is 3.63. The van der Waals surface area contributed by atoms with Gasteiger partial charge in [-0.15, -0.1) is 0 Å². The molecule has 0 aromatic heterocycles. The van der Waals surface area contributed by atoms with Crippen LogP contribution in [0.25, 0.3) is 0 Å². The molecule has 0 aliphatic heterocycles. The van der Waals surface area contributed by atoms with E-state index in [-0.39, 0.29) is 10.9 Å². The highest BCUT2D eigenvalue weighted by molar-refractivity contribution is 7.89. The molecule has 6 heteroatoms. The van der Waals surface area contributed by atoms with E-state index >= 15 is 0 Å². The van der Waals surface area contributed by atoms with Crippen LogP contribution in [0.2, 0.25) is 0 Å². The topological polar surface area (TPSA) is 69.6 Å². The predicted octanol–water partition coefficient (Wildman–Crippen LogP) is 1.97. The van der Waals surface area contributed by atoms with Gasteiger partial charge < -0.3 is 10.0 Å². The Morgan fingerprint density at radius 3 is 2.33 bits per heavy atom. The summed E-state index contributed by atoms with van der Waals surface area (Å²) in [6, 6.07) is 6.69. The Kier molecular flexibility index (Phi) is 5.78. The lowest BCUT2D eigenvalue weighted by Gasteiger charge is -2.31. The van der Waals surface area contributed by atoms with Gasteiger partial charge in [0, 0.05) is 19.1 Å². The molecule has 1 rings (SSSR count). The molecular weight excluding hydrogens is 288 g/mol. The van der Waals surface area contributed by atoms with Gasteiger partial charge in [-0.3, -0.25) is 0 Å². The summed E-state index contributed by atoms with van der Waals surface area (Å²) in [5.41, 5.74) is -0.298. The standard InChI is InChI=1S/C15H26N2O3S/c1-6-17(11-15(4,5)18)13-9-7-8-10-14(13)21(19,20)16-12(2)3/h7-10,12,16,18H,6,11H2,1-5H3. The van der Waals surface area contributed by atoms with Crippen molar-refractivity contribution in [1.29, 1.82) is 0 Å². The number of benzene rings is 1. The van der Waals surface area contributed by atoms with Crippen LogP contribution in [-0.4, -0.2) is 38.3 Å². The molecule has 0 amide bonds. The fourth-order valence-electron chi connectivity index (χ4n) is 2.15. The molecule has 0 saturated carbocycles. The minimum Gasteiger partial charge on any atom is -0.389 e. The fraction of sp³-hybridized carbons (Fsp3) is 0.600. The first-order chi connectivity index (χ1) is 9.57. The smallest absolute Gasteiger partial charge is 0.242 e. The van der Waals surface area contributed by atoms with Gasteiger partial charge in [-0.2, -0.15) is 0 Å². The summed E-state index contributed by atoms with van der Waals surface area (Å²) in [5, 5.41) is 10.0. The largest absolute Gasteiger partial charge is 0.389 e. The van der Waals surface area contributed by atoms with Crippen LogP contribution in [0.4, 0.5) is 5.69 Å². The molecule has 0 aliphatic carbocycles. The maximum Gasteiger partial charge on any atom is 0.242 e. The number of para-hydroxylation sites is 1. The molecule has 2 N–H and O–H groups in total. The average molecular weight is 314 g/mol. The Morgan fingerprint density at radius 1 is 1.29 bits per heavy atom. The Bertz CT molecular complexity index is 563. The second-order valence-electron chi connectivity index (χ2n) is 6.07. The molecule has 1 aromatic rings. The molecule has 0 fully saturated rings. The van der Waals surface area contributed by atoms with Crippen LogP contribution in [0, 0.1) is 0 Å². The van der Waals surface area contributed by atoms with Crippen LogP contribution >= 0.6 is 0 Å². The van der Waals surface area contributed by atoms with Crippen LogP contribution in [0.15, 0.2) is 29.2 Å². The molecular formula is C15H26N2O3S. The van der Waals surface area contributed by atoms with Gasteiger partial charge in [-0.05, 0) is 46.8 Å². The number of hydrogen-bond acceptors (Lipinski definition) is 4. The van der Waals surface area contributed by atoms with E-state index in [4.69, 9.17) is 0 Å². The number of nitrogens with one attached hydrogen (secondary N) is 1. The molecule has 5 nitrogen and oxygen atoms in total. The summed E-state index contributed by atoms with van der Waals surface area (Å²) in [6.45, 7) is 9.89. The zero-order valence-electron chi connectivity index (χ0n) is 13.4. The molecule has 0 saturated heterocycles. The van der Waals surface area contributed by atoms with E-state index in [9.17, 15) is 13.5 Å². The lowest BCUT2D eigenvalue weighted by atomic mass is 10.1. The average Bonchev–Trinajstić information content (AvgIpc) is 2.33. The Balaban J connectivity index is 3.26. The van der Waals surface area contributed by atoms with Crippen LogP contribution in [0.5, 0.6) is 0 Å². The second kappa shape index (κ2) is 6.77. The van der Waals surface area contributed by atoms with Crippen LogP contribution in [0.1, 0.15) is 34.6 Å². The van der Waals surface area contributed by atoms with Crippen molar-refractivity contribution >= 4 is 15.7 Å². The van der Waals surface area contributed by atoms with Gasteiger partial charge in [-0.25, -0.2) is 13.1 Å². The quantitative estimate of drug-likeness (QED) is 0.807. The van der Waals surface area contributed by atoms with Gasteiger partial charge in [0.15, 0.2) is 0 Å². The number of anilines is 1. The SMILES string of the molecule is CCN(CC(C)(C)O)c1ccccc1S(=O)(=O)NC(C)C. The van der Waals surface area contributed by atoms with Gasteiger partial charge >= 0.3 is 0 Å². The summed E-state index contributed by atoms with van der Waals surface area (Å²) in [6.07, 6.45) is 0. The highest BCUT2D eigenvalue weighted by Gasteiger charge is 2.24. The van der Waals surface area contributed by atoms with E-state index in [1.165, 1.54) is 0 Å². The van der Waals surface area contributed by atoms with E-state index in [2.05, 4.69) is 4.72 Å². The van der Waals surface area contributed by atoms with Crippen molar-refractivity contribution < 1.29 is 13.5 Å². The normalized spacial score (nSPS) is 12.7. The maximum atomic E-state index is 12.4. The maximum absolute atomic E-state index is 12.4. The monoisotopic (exact) mass is 314 g/mol. The van der Waals surface area contributed by atoms with Gasteiger partial charge in [0.25, 0.3) is 0 Å². The van der Waals surface area contributed by atoms with Crippen LogP contribution in [-0.2, 0) is 10.0 Å². The number of rotatable bonds is 7. The first kappa shape index (κ1) is 17.9.